The summed E-state index contributed by atoms with van der Waals surface area (Å²) in [7, 11) is 0. The molecule has 0 saturated carbocycles. The Morgan fingerprint density at radius 2 is 1.64 bits per heavy atom. The minimum atomic E-state index is -0.341. The molecule has 1 nitrogen and oxygen atoms in total. The molecule has 0 amide bonds. The van der Waals surface area contributed by atoms with E-state index in [0.717, 1.165) is 12.0 Å². The molecule has 2 rings (SSSR count). The number of hydrogen-bond acceptors (Lipinski definition) is 1. The molecule has 0 heterocycles. The average molecular weight is 300 g/mol. The van der Waals surface area contributed by atoms with Crippen LogP contribution in [-0.4, -0.2) is 5.11 Å². The van der Waals surface area contributed by atoms with Crippen molar-refractivity contribution >= 4 is 0 Å². The first-order chi connectivity index (χ1) is 10.1. The monoisotopic (exact) mass is 300 g/mol. The van der Waals surface area contributed by atoms with Crippen LogP contribution >= 0.6 is 0 Å². The first kappa shape index (κ1) is 16.5. The first-order valence-corrected chi connectivity index (χ1v) is 7.68. The van der Waals surface area contributed by atoms with Crippen LogP contribution in [0.15, 0.2) is 42.5 Å². The molecule has 0 aliphatic carbocycles. The van der Waals surface area contributed by atoms with E-state index >= 15 is 0 Å². The van der Waals surface area contributed by atoms with Gasteiger partial charge in [0.05, 0.1) is 0 Å². The van der Waals surface area contributed by atoms with E-state index in [9.17, 15) is 9.50 Å². The van der Waals surface area contributed by atoms with Crippen LogP contribution in [0.2, 0.25) is 0 Å². The lowest BCUT2D eigenvalue weighted by Gasteiger charge is -2.33. The van der Waals surface area contributed by atoms with Gasteiger partial charge >= 0.3 is 0 Å². The van der Waals surface area contributed by atoms with E-state index in [-0.39, 0.29) is 22.4 Å². The molecule has 0 saturated heterocycles. The zero-order valence-electron chi connectivity index (χ0n) is 14.1. The second-order valence-electron chi connectivity index (χ2n) is 7.86. The summed E-state index contributed by atoms with van der Waals surface area (Å²) in [5, 5.41) is 10.0. The maximum absolute atomic E-state index is 13.5. The smallest absolute Gasteiger partial charge is 0.124 e. The highest BCUT2D eigenvalue weighted by Gasteiger charge is 2.27. The van der Waals surface area contributed by atoms with E-state index in [4.69, 9.17) is 0 Å². The summed E-state index contributed by atoms with van der Waals surface area (Å²) in [4.78, 5) is 0. The van der Waals surface area contributed by atoms with E-state index in [1.54, 1.807) is 0 Å². The number of benzene rings is 2. The predicted molar refractivity (Wildman–Crippen MR) is 90.6 cm³/mol. The van der Waals surface area contributed by atoms with Gasteiger partial charge in [-0.1, -0.05) is 58.9 Å². The fraction of sp³-hybridized carbons (Fsp3) is 0.400. The summed E-state index contributed by atoms with van der Waals surface area (Å²) in [6.07, 6.45) is 1.04. The standard InChI is InChI=1S/C20H25FO/c1-19(2,3)13-20(4,5)15-8-6-7-14(11-15)17-12-16(21)9-10-18(17)22/h6-12,22H,13H2,1-5H3. The Hall–Kier alpha value is -1.83. The summed E-state index contributed by atoms with van der Waals surface area (Å²) in [5.74, 6) is -0.237. The number of halogens is 1. The van der Waals surface area contributed by atoms with Gasteiger partial charge in [0.1, 0.15) is 11.6 Å². The largest absolute Gasteiger partial charge is 0.507 e. The normalized spacial score (nSPS) is 12.5. The van der Waals surface area contributed by atoms with Crippen molar-refractivity contribution in [1.82, 2.24) is 0 Å². The Morgan fingerprint density at radius 1 is 0.955 bits per heavy atom. The van der Waals surface area contributed by atoms with Crippen molar-refractivity contribution in [2.75, 3.05) is 0 Å². The average Bonchev–Trinajstić information content (AvgIpc) is 2.39. The van der Waals surface area contributed by atoms with Crippen LogP contribution in [0.25, 0.3) is 11.1 Å². The first-order valence-electron chi connectivity index (χ1n) is 7.68. The Kier molecular flexibility index (Phi) is 4.32. The molecular formula is C20H25FO. The molecule has 0 radical (unpaired) electrons. The number of rotatable bonds is 3. The molecule has 0 aliphatic heterocycles. The Balaban J connectivity index is 2.44. The van der Waals surface area contributed by atoms with Gasteiger partial charge in [0.2, 0.25) is 0 Å². The van der Waals surface area contributed by atoms with E-state index in [2.05, 4.69) is 46.8 Å². The maximum Gasteiger partial charge on any atom is 0.124 e. The molecule has 0 aliphatic rings. The summed E-state index contributed by atoms with van der Waals surface area (Å²) < 4.78 is 13.5. The summed E-state index contributed by atoms with van der Waals surface area (Å²) in [5.41, 5.74) is 2.81. The zero-order chi connectivity index (χ0) is 16.5. The number of phenols is 1. The van der Waals surface area contributed by atoms with Crippen LogP contribution in [0, 0.1) is 11.2 Å². The second-order valence-corrected chi connectivity index (χ2v) is 7.86. The molecule has 0 atom stereocenters. The third kappa shape index (κ3) is 3.88. The zero-order valence-corrected chi connectivity index (χ0v) is 14.1. The van der Waals surface area contributed by atoms with Crippen LogP contribution in [0.4, 0.5) is 4.39 Å². The molecule has 2 aromatic rings. The van der Waals surface area contributed by atoms with Gasteiger partial charge in [0, 0.05) is 5.56 Å². The van der Waals surface area contributed by atoms with Gasteiger partial charge in [0.25, 0.3) is 0 Å². The van der Waals surface area contributed by atoms with Gasteiger partial charge < -0.3 is 5.11 Å². The molecular weight excluding hydrogens is 275 g/mol. The van der Waals surface area contributed by atoms with Crippen molar-refractivity contribution < 1.29 is 9.50 Å². The third-order valence-corrected chi connectivity index (χ3v) is 3.89. The summed E-state index contributed by atoms with van der Waals surface area (Å²) in [6, 6.07) is 12.1. The predicted octanol–water partition coefficient (Wildman–Crippen LogP) is 5.91. The van der Waals surface area contributed by atoms with Crippen molar-refractivity contribution in [2.45, 2.75) is 46.5 Å². The van der Waals surface area contributed by atoms with Gasteiger partial charge in [0.15, 0.2) is 0 Å². The van der Waals surface area contributed by atoms with Gasteiger partial charge in [-0.05, 0) is 46.6 Å². The lowest BCUT2D eigenvalue weighted by atomic mass is 9.72. The lowest BCUT2D eigenvalue weighted by molar-refractivity contribution is 0.284. The summed E-state index contributed by atoms with van der Waals surface area (Å²) >= 11 is 0. The molecule has 1 N–H and O–H groups in total. The minimum absolute atomic E-state index is 0.0111. The SMILES string of the molecule is CC(C)(C)CC(C)(C)c1cccc(-c2cc(F)ccc2O)c1. The topological polar surface area (TPSA) is 20.2 Å². The van der Waals surface area contributed by atoms with Gasteiger partial charge in [-0.2, -0.15) is 0 Å². The number of phenolic OH excluding ortho intramolecular Hbond substituents is 1. The van der Waals surface area contributed by atoms with Gasteiger partial charge in [-0.3, -0.25) is 0 Å². The molecule has 0 spiro atoms. The van der Waals surface area contributed by atoms with E-state index < -0.39 is 0 Å². The Morgan fingerprint density at radius 3 is 2.27 bits per heavy atom. The number of aromatic hydroxyl groups is 1. The lowest BCUT2D eigenvalue weighted by Crippen LogP contribution is -2.24. The van der Waals surface area contributed by atoms with E-state index in [1.807, 2.05) is 12.1 Å². The molecule has 0 fully saturated rings. The van der Waals surface area contributed by atoms with Crippen LogP contribution < -0.4 is 0 Å². The minimum Gasteiger partial charge on any atom is -0.507 e. The molecule has 0 aromatic heterocycles. The van der Waals surface area contributed by atoms with Gasteiger partial charge in [-0.15, -0.1) is 0 Å². The van der Waals surface area contributed by atoms with Crippen molar-refractivity contribution in [2.24, 2.45) is 5.41 Å². The van der Waals surface area contributed by atoms with Gasteiger partial charge in [-0.25, -0.2) is 4.39 Å². The molecule has 0 bridgehead atoms. The molecule has 2 aromatic carbocycles. The summed E-state index contributed by atoms with van der Waals surface area (Å²) in [6.45, 7) is 11.1. The van der Waals surface area contributed by atoms with Crippen LogP contribution in [0.1, 0.15) is 46.6 Å². The Labute approximate surface area is 132 Å². The van der Waals surface area contributed by atoms with Crippen molar-refractivity contribution in [3.8, 4) is 16.9 Å². The van der Waals surface area contributed by atoms with Crippen molar-refractivity contribution in [3.05, 3.63) is 53.8 Å². The molecule has 0 unspecified atom stereocenters. The van der Waals surface area contributed by atoms with E-state index in [1.165, 1.54) is 23.8 Å². The van der Waals surface area contributed by atoms with Crippen LogP contribution in [0.3, 0.4) is 0 Å². The third-order valence-electron chi connectivity index (χ3n) is 3.89. The highest BCUT2D eigenvalue weighted by Crippen LogP contribution is 2.38. The van der Waals surface area contributed by atoms with Crippen LogP contribution in [0.5, 0.6) is 5.75 Å². The molecule has 22 heavy (non-hydrogen) atoms. The quantitative estimate of drug-likeness (QED) is 0.746. The fourth-order valence-electron chi connectivity index (χ4n) is 3.28. The highest BCUT2D eigenvalue weighted by molar-refractivity contribution is 5.70. The van der Waals surface area contributed by atoms with Crippen molar-refractivity contribution in [3.63, 3.8) is 0 Å². The highest BCUT2D eigenvalue weighted by atomic mass is 19.1. The van der Waals surface area contributed by atoms with E-state index in [0.29, 0.717) is 5.56 Å². The fourth-order valence-corrected chi connectivity index (χ4v) is 3.28. The maximum atomic E-state index is 13.5. The number of hydrogen-bond donors (Lipinski definition) is 1. The van der Waals surface area contributed by atoms with Crippen LogP contribution in [-0.2, 0) is 5.41 Å². The van der Waals surface area contributed by atoms with Crippen molar-refractivity contribution in [1.29, 1.82) is 0 Å². The molecule has 2 heteroatoms. The Bertz CT molecular complexity index is 666. The molecule has 118 valence electrons. The second kappa shape index (κ2) is 5.75.